The third kappa shape index (κ3) is 3.45. The van der Waals surface area contributed by atoms with Crippen LogP contribution in [0.1, 0.15) is 12.8 Å². The highest BCUT2D eigenvalue weighted by Crippen LogP contribution is 2.16. The van der Waals surface area contributed by atoms with Gasteiger partial charge in [0.1, 0.15) is 12.6 Å². The molecule has 2 aromatic rings. The number of piperazine rings is 1. The van der Waals surface area contributed by atoms with Gasteiger partial charge in [0.05, 0.1) is 10.8 Å². The van der Waals surface area contributed by atoms with Crippen molar-refractivity contribution in [1.29, 1.82) is 0 Å². The Morgan fingerprint density at radius 1 is 1.04 bits per heavy atom. The second-order valence-electron chi connectivity index (χ2n) is 7.09. The summed E-state index contributed by atoms with van der Waals surface area (Å²) in [7, 11) is 0. The predicted molar refractivity (Wildman–Crippen MR) is 101 cm³/mol. The summed E-state index contributed by atoms with van der Waals surface area (Å²) in [4.78, 5) is 53.0. The van der Waals surface area contributed by atoms with E-state index in [1.54, 1.807) is 34.1 Å². The van der Waals surface area contributed by atoms with E-state index in [4.69, 9.17) is 4.74 Å². The Bertz CT molecular complexity index is 1010. The molecule has 0 spiro atoms. The van der Waals surface area contributed by atoms with Gasteiger partial charge >= 0.3 is 0 Å². The molecule has 28 heavy (non-hydrogen) atoms. The van der Waals surface area contributed by atoms with Crippen LogP contribution in [0.2, 0.25) is 0 Å². The standard InChI is InChI=1S/C19H22N4O5/c24-16(12-23-18(26)14-5-2-1-4-13(14)17(25)20-23)21-7-9-22(10-8-21)19(27)15-6-3-11-28-15/h1-2,4-5,15H,3,6-12H2,(H,20,25). The maximum Gasteiger partial charge on any atom is 0.273 e. The first-order valence-electron chi connectivity index (χ1n) is 9.44. The minimum atomic E-state index is -0.407. The molecule has 4 rings (SSSR count). The molecule has 0 saturated carbocycles. The number of hydrogen-bond acceptors (Lipinski definition) is 5. The van der Waals surface area contributed by atoms with Crippen molar-refractivity contribution in [3.05, 3.63) is 45.0 Å². The zero-order chi connectivity index (χ0) is 19.7. The second-order valence-corrected chi connectivity index (χ2v) is 7.09. The molecule has 0 aliphatic carbocycles. The van der Waals surface area contributed by atoms with Crippen molar-refractivity contribution in [3.8, 4) is 0 Å². The van der Waals surface area contributed by atoms with Gasteiger partial charge in [-0.25, -0.2) is 4.68 Å². The normalized spacial score (nSPS) is 19.9. The summed E-state index contributed by atoms with van der Waals surface area (Å²) < 4.78 is 6.49. The summed E-state index contributed by atoms with van der Waals surface area (Å²) in [6.45, 7) is 2.04. The van der Waals surface area contributed by atoms with Crippen molar-refractivity contribution in [1.82, 2.24) is 19.6 Å². The molecule has 0 bridgehead atoms. The van der Waals surface area contributed by atoms with Gasteiger partial charge in [-0.15, -0.1) is 0 Å². The molecule has 2 aliphatic rings. The smallest absolute Gasteiger partial charge is 0.273 e. The van der Waals surface area contributed by atoms with Crippen molar-refractivity contribution in [3.63, 3.8) is 0 Å². The second kappa shape index (κ2) is 7.59. The van der Waals surface area contributed by atoms with E-state index in [1.807, 2.05) is 0 Å². The SMILES string of the molecule is O=C(Cn1[nH]c(=O)c2ccccc2c1=O)N1CCN(C(=O)C2CCCO2)CC1. The van der Waals surface area contributed by atoms with E-state index in [2.05, 4.69) is 5.10 Å². The van der Waals surface area contributed by atoms with E-state index in [0.29, 0.717) is 38.2 Å². The summed E-state index contributed by atoms with van der Waals surface area (Å²) in [5.41, 5.74) is -0.814. The van der Waals surface area contributed by atoms with Gasteiger partial charge in [-0.05, 0) is 25.0 Å². The molecule has 9 nitrogen and oxygen atoms in total. The van der Waals surface area contributed by atoms with Crippen LogP contribution in [0.3, 0.4) is 0 Å². The Hall–Kier alpha value is -2.94. The Morgan fingerprint density at radius 3 is 2.39 bits per heavy atom. The Kier molecular flexibility index (Phi) is 4.99. The third-order valence-electron chi connectivity index (χ3n) is 5.33. The summed E-state index contributed by atoms with van der Waals surface area (Å²) in [6, 6.07) is 6.51. The summed E-state index contributed by atoms with van der Waals surface area (Å²) in [6.07, 6.45) is 1.28. The summed E-state index contributed by atoms with van der Waals surface area (Å²) in [5.74, 6) is -0.281. The van der Waals surface area contributed by atoms with Crippen molar-refractivity contribution >= 4 is 22.6 Å². The van der Waals surface area contributed by atoms with Crippen LogP contribution in [0.25, 0.3) is 10.8 Å². The largest absolute Gasteiger partial charge is 0.368 e. The molecule has 2 amide bonds. The number of hydrogen-bond donors (Lipinski definition) is 1. The lowest BCUT2D eigenvalue weighted by molar-refractivity contribution is -0.146. The molecule has 1 N–H and O–H groups in total. The monoisotopic (exact) mass is 386 g/mol. The maximum atomic E-state index is 12.6. The van der Waals surface area contributed by atoms with E-state index in [1.165, 1.54) is 0 Å². The van der Waals surface area contributed by atoms with Crippen LogP contribution >= 0.6 is 0 Å². The Morgan fingerprint density at radius 2 is 1.71 bits per heavy atom. The van der Waals surface area contributed by atoms with Gasteiger partial charge in [-0.2, -0.15) is 0 Å². The van der Waals surface area contributed by atoms with E-state index >= 15 is 0 Å². The van der Waals surface area contributed by atoms with Gasteiger partial charge in [0.2, 0.25) is 5.91 Å². The van der Waals surface area contributed by atoms with Crippen LogP contribution in [-0.4, -0.2) is 70.3 Å². The number of rotatable bonds is 3. The van der Waals surface area contributed by atoms with Crippen LogP contribution in [0.5, 0.6) is 0 Å². The van der Waals surface area contributed by atoms with Crippen LogP contribution < -0.4 is 11.1 Å². The Labute approximate surface area is 160 Å². The number of H-pyrrole nitrogens is 1. The van der Waals surface area contributed by atoms with Gasteiger partial charge in [-0.3, -0.25) is 24.3 Å². The number of carbonyl (C=O) groups is 2. The van der Waals surface area contributed by atoms with Crippen molar-refractivity contribution in [2.24, 2.45) is 0 Å². The fourth-order valence-corrected chi connectivity index (χ4v) is 3.75. The molecular weight excluding hydrogens is 364 g/mol. The van der Waals surface area contributed by atoms with Crippen molar-refractivity contribution < 1.29 is 14.3 Å². The lowest BCUT2D eigenvalue weighted by Gasteiger charge is -2.35. The van der Waals surface area contributed by atoms with E-state index in [-0.39, 0.29) is 29.8 Å². The zero-order valence-electron chi connectivity index (χ0n) is 15.4. The quantitative estimate of drug-likeness (QED) is 0.769. The minimum Gasteiger partial charge on any atom is -0.368 e. The first-order valence-corrected chi connectivity index (χ1v) is 9.44. The number of carbonyl (C=O) groups excluding carboxylic acids is 2. The number of nitrogens with zero attached hydrogens (tertiary/aromatic N) is 3. The van der Waals surface area contributed by atoms with Crippen molar-refractivity contribution in [2.45, 2.75) is 25.5 Å². The molecule has 2 aliphatic heterocycles. The number of ether oxygens (including phenoxy) is 1. The number of amides is 2. The molecule has 1 aromatic heterocycles. The molecule has 3 heterocycles. The average molecular weight is 386 g/mol. The first-order chi connectivity index (χ1) is 13.5. The third-order valence-corrected chi connectivity index (χ3v) is 5.33. The topological polar surface area (TPSA) is 105 Å². The average Bonchev–Trinajstić information content (AvgIpc) is 3.26. The number of aromatic nitrogens is 2. The number of benzene rings is 1. The fraction of sp³-hybridized carbons (Fsp3) is 0.474. The molecule has 2 saturated heterocycles. The highest BCUT2D eigenvalue weighted by Gasteiger charge is 2.31. The first kappa shape index (κ1) is 18.4. The lowest BCUT2D eigenvalue weighted by atomic mass is 10.2. The van der Waals surface area contributed by atoms with Gasteiger partial charge in [0, 0.05) is 32.8 Å². The van der Waals surface area contributed by atoms with Crippen LogP contribution in [0.4, 0.5) is 0 Å². The zero-order valence-corrected chi connectivity index (χ0v) is 15.4. The predicted octanol–water partition coefficient (Wildman–Crippen LogP) is -0.460. The number of nitrogens with one attached hydrogen (secondary N) is 1. The molecule has 0 radical (unpaired) electrons. The molecule has 2 fully saturated rings. The maximum absolute atomic E-state index is 12.6. The molecule has 9 heteroatoms. The fourth-order valence-electron chi connectivity index (χ4n) is 3.75. The van der Waals surface area contributed by atoms with E-state index in [9.17, 15) is 19.2 Å². The minimum absolute atomic E-state index is 0.0142. The van der Waals surface area contributed by atoms with Gasteiger partial charge in [-0.1, -0.05) is 12.1 Å². The van der Waals surface area contributed by atoms with Crippen LogP contribution in [0, 0.1) is 0 Å². The molecular formula is C19H22N4O5. The highest BCUT2D eigenvalue weighted by atomic mass is 16.5. The summed E-state index contributed by atoms with van der Waals surface area (Å²) in [5, 5.41) is 3.06. The lowest BCUT2D eigenvalue weighted by Crippen LogP contribution is -2.53. The molecule has 148 valence electrons. The van der Waals surface area contributed by atoms with Crippen molar-refractivity contribution in [2.75, 3.05) is 32.8 Å². The van der Waals surface area contributed by atoms with Crippen LogP contribution in [-0.2, 0) is 20.9 Å². The van der Waals surface area contributed by atoms with E-state index < -0.39 is 11.1 Å². The summed E-state index contributed by atoms with van der Waals surface area (Å²) >= 11 is 0. The number of aromatic amines is 1. The molecule has 1 atom stereocenters. The number of fused-ring (bicyclic) bond motifs is 1. The van der Waals surface area contributed by atoms with Gasteiger partial charge in [0.15, 0.2) is 0 Å². The van der Waals surface area contributed by atoms with Gasteiger partial charge in [0.25, 0.3) is 17.0 Å². The highest BCUT2D eigenvalue weighted by molar-refractivity contribution is 5.82. The van der Waals surface area contributed by atoms with Crippen LogP contribution in [0.15, 0.2) is 33.9 Å². The Balaban J connectivity index is 1.42. The molecule has 1 aromatic carbocycles. The molecule has 1 unspecified atom stereocenters. The van der Waals surface area contributed by atoms with E-state index in [0.717, 1.165) is 17.5 Å². The van der Waals surface area contributed by atoms with Gasteiger partial charge < -0.3 is 14.5 Å².